The number of ether oxygens (including phenoxy) is 1. The minimum Gasteiger partial charge on any atom is -0.460 e. The van der Waals surface area contributed by atoms with Crippen molar-refractivity contribution in [1.82, 2.24) is 4.90 Å². The van der Waals surface area contributed by atoms with Gasteiger partial charge in [0.2, 0.25) is 0 Å². The molecule has 0 bridgehead atoms. The highest BCUT2D eigenvalue weighted by Gasteiger charge is 2.15. The lowest BCUT2D eigenvalue weighted by Gasteiger charge is -2.21. The summed E-state index contributed by atoms with van der Waals surface area (Å²) >= 11 is 0. The van der Waals surface area contributed by atoms with E-state index in [9.17, 15) is 4.79 Å². The zero-order valence-corrected chi connectivity index (χ0v) is 18.2. The standard InChI is InChI=1S/C20H37NO2S2/c1-5-7-9-11-13-15-20(22)23-19(17-21(3)4)18-25-24-16-14-12-10-8-6-2/h7-10,19H,5-6,11-18H2,1-4H3/b9-7-,10-8-. The van der Waals surface area contributed by atoms with E-state index < -0.39 is 0 Å². The lowest BCUT2D eigenvalue weighted by Crippen LogP contribution is -2.32. The Balaban J connectivity index is 3.92. The van der Waals surface area contributed by atoms with E-state index in [1.165, 1.54) is 6.42 Å². The van der Waals surface area contributed by atoms with Crippen molar-refractivity contribution in [1.29, 1.82) is 0 Å². The van der Waals surface area contributed by atoms with Gasteiger partial charge in [-0.1, -0.05) is 59.7 Å². The van der Waals surface area contributed by atoms with Crippen molar-refractivity contribution in [2.24, 2.45) is 0 Å². The van der Waals surface area contributed by atoms with Gasteiger partial charge >= 0.3 is 5.97 Å². The number of rotatable bonds is 16. The molecule has 1 unspecified atom stereocenters. The number of hydrogen-bond donors (Lipinski definition) is 0. The zero-order chi connectivity index (χ0) is 18.8. The summed E-state index contributed by atoms with van der Waals surface area (Å²) in [5, 5.41) is 0. The molecule has 1 atom stereocenters. The average Bonchev–Trinajstić information content (AvgIpc) is 2.56. The molecule has 0 heterocycles. The third-order valence-corrected chi connectivity index (χ3v) is 5.90. The lowest BCUT2D eigenvalue weighted by atomic mass is 10.2. The fourth-order valence-corrected chi connectivity index (χ4v) is 4.43. The molecule has 0 fully saturated rings. The number of allylic oxidation sites excluding steroid dienone is 4. The Bertz CT molecular complexity index is 371. The molecule has 146 valence electrons. The van der Waals surface area contributed by atoms with E-state index in [0.29, 0.717) is 6.42 Å². The maximum atomic E-state index is 12.0. The van der Waals surface area contributed by atoms with Crippen LogP contribution in [0, 0.1) is 0 Å². The predicted molar refractivity (Wildman–Crippen MR) is 115 cm³/mol. The second kappa shape index (κ2) is 18.4. The molecule has 5 heteroatoms. The maximum absolute atomic E-state index is 12.0. The van der Waals surface area contributed by atoms with Crippen molar-refractivity contribution in [2.75, 3.05) is 32.1 Å². The van der Waals surface area contributed by atoms with Gasteiger partial charge in [0.05, 0.1) is 0 Å². The van der Waals surface area contributed by atoms with Crippen LogP contribution >= 0.6 is 21.6 Å². The van der Waals surface area contributed by atoms with Gasteiger partial charge in [0.25, 0.3) is 0 Å². The SMILES string of the molecule is CC/C=C\CCCSSCC(CN(C)C)OC(=O)CCC/C=C\CC. The highest BCUT2D eigenvalue weighted by molar-refractivity contribution is 8.76. The fraction of sp³-hybridized carbons (Fsp3) is 0.750. The Kier molecular flexibility index (Phi) is 18.1. The summed E-state index contributed by atoms with van der Waals surface area (Å²) in [5.74, 6) is 1.94. The number of likely N-dealkylation sites (N-methyl/N-ethyl adjacent to an activating group) is 1. The molecule has 0 aliphatic heterocycles. The highest BCUT2D eigenvalue weighted by Crippen LogP contribution is 2.24. The third kappa shape index (κ3) is 18.2. The van der Waals surface area contributed by atoms with E-state index in [1.54, 1.807) is 0 Å². The summed E-state index contributed by atoms with van der Waals surface area (Å²) in [6, 6.07) is 0. The van der Waals surface area contributed by atoms with Crippen molar-refractivity contribution >= 4 is 27.6 Å². The van der Waals surface area contributed by atoms with Gasteiger partial charge < -0.3 is 9.64 Å². The van der Waals surface area contributed by atoms with Crippen molar-refractivity contribution in [3.63, 3.8) is 0 Å². The van der Waals surface area contributed by atoms with Crippen LogP contribution in [0.1, 0.15) is 58.8 Å². The van der Waals surface area contributed by atoms with Crippen molar-refractivity contribution in [3.8, 4) is 0 Å². The quantitative estimate of drug-likeness (QED) is 0.146. The minimum absolute atomic E-state index is 0.0221. The van der Waals surface area contributed by atoms with Gasteiger partial charge in [-0.25, -0.2) is 0 Å². The van der Waals surface area contributed by atoms with Crippen LogP contribution in [0.4, 0.5) is 0 Å². The van der Waals surface area contributed by atoms with Crippen LogP contribution in [0.15, 0.2) is 24.3 Å². The topological polar surface area (TPSA) is 29.5 Å². The summed E-state index contributed by atoms with van der Waals surface area (Å²) < 4.78 is 5.68. The van der Waals surface area contributed by atoms with E-state index in [1.807, 2.05) is 35.7 Å². The monoisotopic (exact) mass is 387 g/mol. The number of carbonyl (C=O) groups is 1. The Hall–Kier alpha value is -0.390. The molecule has 0 rings (SSSR count). The van der Waals surface area contributed by atoms with Gasteiger partial charge in [-0.05, 0) is 52.6 Å². The van der Waals surface area contributed by atoms with Crippen LogP contribution < -0.4 is 0 Å². The van der Waals surface area contributed by atoms with E-state index >= 15 is 0 Å². The Morgan fingerprint density at radius 1 is 1.00 bits per heavy atom. The van der Waals surface area contributed by atoms with Crippen LogP contribution in [0.25, 0.3) is 0 Å². The molecule has 0 aromatic carbocycles. The van der Waals surface area contributed by atoms with E-state index in [-0.39, 0.29) is 12.1 Å². The first kappa shape index (κ1) is 24.6. The van der Waals surface area contributed by atoms with Gasteiger partial charge in [-0.3, -0.25) is 4.79 Å². The lowest BCUT2D eigenvalue weighted by molar-refractivity contribution is -0.148. The first-order chi connectivity index (χ1) is 12.1. The van der Waals surface area contributed by atoms with Crippen molar-refractivity contribution in [3.05, 3.63) is 24.3 Å². The molecule has 0 aliphatic carbocycles. The van der Waals surface area contributed by atoms with Gasteiger partial charge in [0.15, 0.2) is 0 Å². The summed E-state index contributed by atoms with van der Waals surface area (Å²) in [7, 11) is 7.75. The number of nitrogens with zero attached hydrogens (tertiary/aromatic N) is 1. The normalized spacial score (nSPS) is 13.2. The largest absolute Gasteiger partial charge is 0.460 e. The highest BCUT2D eigenvalue weighted by atomic mass is 33.1. The molecule has 0 aromatic heterocycles. The predicted octanol–water partition coefficient (Wildman–Crippen LogP) is 5.72. The maximum Gasteiger partial charge on any atom is 0.306 e. The van der Waals surface area contributed by atoms with Crippen molar-refractivity contribution < 1.29 is 9.53 Å². The van der Waals surface area contributed by atoms with Crippen LogP contribution in [0.2, 0.25) is 0 Å². The van der Waals surface area contributed by atoms with Crippen LogP contribution in [0.3, 0.4) is 0 Å². The van der Waals surface area contributed by atoms with E-state index in [0.717, 1.165) is 50.2 Å². The molecular weight excluding hydrogens is 350 g/mol. The van der Waals surface area contributed by atoms with Gasteiger partial charge in [0.1, 0.15) is 6.10 Å². The molecule has 0 radical (unpaired) electrons. The van der Waals surface area contributed by atoms with Gasteiger partial charge in [-0.2, -0.15) is 0 Å². The van der Waals surface area contributed by atoms with Crippen LogP contribution in [-0.2, 0) is 9.53 Å². The number of esters is 1. The average molecular weight is 388 g/mol. The van der Waals surface area contributed by atoms with Gasteiger partial charge in [0, 0.05) is 24.5 Å². The Morgan fingerprint density at radius 2 is 1.64 bits per heavy atom. The number of carbonyl (C=O) groups excluding carboxylic acids is 1. The smallest absolute Gasteiger partial charge is 0.306 e. The molecule has 0 N–H and O–H groups in total. The first-order valence-electron chi connectivity index (χ1n) is 9.48. The molecule has 0 spiro atoms. The number of hydrogen-bond acceptors (Lipinski definition) is 5. The zero-order valence-electron chi connectivity index (χ0n) is 16.5. The number of unbranched alkanes of at least 4 members (excludes halogenated alkanes) is 2. The fourth-order valence-electron chi connectivity index (χ4n) is 2.15. The molecule has 0 amide bonds. The van der Waals surface area contributed by atoms with Crippen molar-refractivity contribution in [2.45, 2.75) is 64.9 Å². The second-order valence-corrected chi connectivity index (χ2v) is 8.90. The Morgan fingerprint density at radius 3 is 2.24 bits per heavy atom. The van der Waals surface area contributed by atoms with Crippen LogP contribution in [0.5, 0.6) is 0 Å². The molecule has 3 nitrogen and oxygen atoms in total. The summed E-state index contributed by atoms with van der Waals surface area (Å²) in [5.41, 5.74) is 0. The molecule has 0 saturated heterocycles. The van der Waals surface area contributed by atoms with Gasteiger partial charge in [-0.15, -0.1) is 0 Å². The molecule has 0 aliphatic rings. The molecule has 0 saturated carbocycles. The first-order valence-corrected chi connectivity index (χ1v) is 12.0. The van der Waals surface area contributed by atoms with E-state index in [2.05, 4.69) is 43.1 Å². The second-order valence-electron chi connectivity index (χ2n) is 6.27. The Labute approximate surface area is 163 Å². The summed E-state index contributed by atoms with van der Waals surface area (Å²) in [6.07, 6.45) is 15.6. The third-order valence-electron chi connectivity index (χ3n) is 3.36. The molecule has 0 aromatic rings. The summed E-state index contributed by atoms with van der Waals surface area (Å²) in [6.45, 7) is 5.07. The van der Waals surface area contributed by atoms with E-state index in [4.69, 9.17) is 4.74 Å². The summed E-state index contributed by atoms with van der Waals surface area (Å²) in [4.78, 5) is 14.1. The van der Waals surface area contributed by atoms with Crippen LogP contribution in [-0.4, -0.2) is 49.1 Å². The minimum atomic E-state index is -0.0629. The molecule has 25 heavy (non-hydrogen) atoms. The molecular formula is C20H37NO2S2.